The maximum atomic E-state index is 12.4. The third-order valence-corrected chi connectivity index (χ3v) is 9.57. The Morgan fingerprint density at radius 1 is 0.500 bits per heavy atom. The molecule has 1 amide bonds. The molecule has 3 unspecified atom stereocenters. The number of nitrogens with one attached hydrogen (secondary N) is 1. The number of carbonyl (C=O) groups excluding carboxylic acids is 1. The molecule has 3 atom stereocenters. The highest BCUT2D eigenvalue weighted by Gasteiger charge is 2.20. The summed E-state index contributed by atoms with van der Waals surface area (Å²) in [4.78, 5) is 12.4. The predicted octanol–water partition coefficient (Wildman–Crippen LogP) is 12.2. The van der Waals surface area contributed by atoms with E-state index in [-0.39, 0.29) is 18.9 Å². The van der Waals surface area contributed by atoms with Gasteiger partial charge in [-0.1, -0.05) is 178 Å². The molecule has 292 valence electrons. The van der Waals surface area contributed by atoms with Gasteiger partial charge in [-0.3, -0.25) is 4.79 Å². The highest BCUT2D eigenvalue weighted by Crippen LogP contribution is 2.14. The number of hydrogen-bond acceptors (Lipinski definition) is 4. The average molecular weight is 702 g/mol. The zero-order chi connectivity index (χ0) is 36.6. The number of allylic oxidation sites excluding steroid dienone is 7. The number of hydrogen-bond donors (Lipinski definition) is 4. The number of amides is 1. The first-order valence-corrected chi connectivity index (χ1v) is 21.4. The SMILES string of the molecule is CCCCCCC/C=C/CC/C=C/CC/C=C/C(O)C(CO)NC(=O)CC(O)CCCCCCC/C=C\CCCCCCCCCCCCC. The highest BCUT2D eigenvalue weighted by atomic mass is 16.3. The van der Waals surface area contributed by atoms with Crippen LogP contribution in [0.1, 0.15) is 206 Å². The van der Waals surface area contributed by atoms with Crippen LogP contribution in [0.3, 0.4) is 0 Å². The molecule has 0 rings (SSSR count). The minimum Gasteiger partial charge on any atom is -0.394 e. The lowest BCUT2D eigenvalue weighted by molar-refractivity contribution is -0.124. The molecule has 0 aliphatic rings. The standard InChI is InChI=1S/C45H83NO4/c1-3-5-7-9-11-13-15-17-19-20-21-22-23-25-26-28-30-32-34-36-38-42(48)40-45(50)46-43(41-47)44(49)39-37-35-33-31-29-27-24-18-16-14-12-10-8-6-4-2/h16,18,23,25,29,31,37,39,42-44,47-49H,3-15,17,19-22,24,26-28,30,32-36,38,40-41H2,1-2H3,(H,46,50)/b18-16+,25-23-,31-29+,39-37+. The van der Waals surface area contributed by atoms with Gasteiger partial charge < -0.3 is 20.6 Å². The third-order valence-electron chi connectivity index (χ3n) is 9.57. The Labute approximate surface area is 310 Å². The topological polar surface area (TPSA) is 89.8 Å². The Balaban J connectivity index is 3.74. The van der Waals surface area contributed by atoms with Gasteiger partial charge in [0.25, 0.3) is 0 Å². The molecule has 0 aliphatic heterocycles. The van der Waals surface area contributed by atoms with E-state index in [0.717, 1.165) is 51.4 Å². The normalized spacial score (nSPS) is 14.1. The van der Waals surface area contributed by atoms with Gasteiger partial charge in [-0.25, -0.2) is 0 Å². The van der Waals surface area contributed by atoms with Crippen molar-refractivity contribution in [3.8, 4) is 0 Å². The summed E-state index contributed by atoms with van der Waals surface area (Å²) in [5.74, 6) is -0.336. The lowest BCUT2D eigenvalue weighted by Crippen LogP contribution is -2.45. The van der Waals surface area contributed by atoms with Crippen molar-refractivity contribution >= 4 is 5.91 Å². The van der Waals surface area contributed by atoms with Crippen LogP contribution in [-0.2, 0) is 4.79 Å². The van der Waals surface area contributed by atoms with Crippen molar-refractivity contribution in [3.63, 3.8) is 0 Å². The van der Waals surface area contributed by atoms with E-state index >= 15 is 0 Å². The Hall–Kier alpha value is -1.69. The summed E-state index contributed by atoms with van der Waals surface area (Å²) in [5, 5.41) is 33.1. The van der Waals surface area contributed by atoms with Gasteiger partial charge in [0.1, 0.15) is 0 Å². The third kappa shape index (κ3) is 36.1. The molecule has 0 aromatic rings. The molecule has 0 aromatic carbocycles. The Morgan fingerprint density at radius 3 is 1.28 bits per heavy atom. The van der Waals surface area contributed by atoms with Gasteiger partial charge >= 0.3 is 0 Å². The average Bonchev–Trinajstić information content (AvgIpc) is 3.11. The first-order chi connectivity index (χ1) is 24.5. The quantitative estimate of drug-likeness (QED) is 0.0381. The van der Waals surface area contributed by atoms with Gasteiger partial charge in [0, 0.05) is 0 Å². The smallest absolute Gasteiger partial charge is 0.222 e. The van der Waals surface area contributed by atoms with Crippen molar-refractivity contribution in [1.82, 2.24) is 5.32 Å². The van der Waals surface area contributed by atoms with E-state index in [0.29, 0.717) is 6.42 Å². The second kappa shape index (κ2) is 40.1. The van der Waals surface area contributed by atoms with Crippen molar-refractivity contribution in [3.05, 3.63) is 48.6 Å². The van der Waals surface area contributed by atoms with Gasteiger partial charge in [0.15, 0.2) is 0 Å². The molecule has 0 aliphatic carbocycles. The highest BCUT2D eigenvalue weighted by molar-refractivity contribution is 5.76. The Morgan fingerprint density at radius 2 is 0.860 bits per heavy atom. The Bertz CT molecular complexity index is 820. The molecular weight excluding hydrogens is 618 g/mol. The van der Waals surface area contributed by atoms with Gasteiger partial charge in [0.05, 0.1) is 31.3 Å². The van der Waals surface area contributed by atoms with Crippen LogP contribution < -0.4 is 5.32 Å². The summed E-state index contributed by atoms with van der Waals surface area (Å²) in [5.41, 5.74) is 0. The lowest BCUT2D eigenvalue weighted by atomic mass is 10.0. The number of unbranched alkanes of at least 4 members (excludes halogenated alkanes) is 23. The summed E-state index contributed by atoms with van der Waals surface area (Å²) < 4.78 is 0. The fraction of sp³-hybridized carbons (Fsp3) is 0.800. The Kier molecular flexibility index (Phi) is 38.7. The lowest BCUT2D eigenvalue weighted by Gasteiger charge is -2.20. The van der Waals surface area contributed by atoms with Crippen molar-refractivity contribution in [1.29, 1.82) is 0 Å². The van der Waals surface area contributed by atoms with Crippen LogP contribution in [0.2, 0.25) is 0 Å². The largest absolute Gasteiger partial charge is 0.394 e. The maximum absolute atomic E-state index is 12.4. The molecule has 0 bridgehead atoms. The van der Waals surface area contributed by atoms with E-state index < -0.39 is 18.2 Å². The van der Waals surface area contributed by atoms with E-state index in [4.69, 9.17) is 0 Å². The molecule has 50 heavy (non-hydrogen) atoms. The van der Waals surface area contributed by atoms with Gasteiger partial charge in [-0.05, 0) is 70.6 Å². The molecular formula is C45H83NO4. The molecule has 0 spiro atoms. The zero-order valence-corrected chi connectivity index (χ0v) is 33.0. The van der Waals surface area contributed by atoms with E-state index in [1.54, 1.807) is 6.08 Å². The van der Waals surface area contributed by atoms with Crippen LogP contribution in [0.25, 0.3) is 0 Å². The van der Waals surface area contributed by atoms with Gasteiger partial charge in [-0.15, -0.1) is 0 Å². The summed E-state index contributed by atoms with van der Waals surface area (Å²) in [6, 6.07) is -0.770. The minimum atomic E-state index is -0.962. The summed E-state index contributed by atoms with van der Waals surface area (Å²) in [7, 11) is 0. The molecule has 5 nitrogen and oxygen atoms in total. The number of aliphatic hydroxyl groups is 3. The van der Waals surface area contributed by atoms with Crippen molar-refractivity contribution < 1.29 is 20.1 Å². The minimum absolute atomic E-state index is 0.00417. The van der Waals surface area contributed by atoms with Gasteiger partial charge in [0.2, 0.25) is 5.91 Å². The van der Waals surface area contributed by atoms with E-state index in [9.17, 15) is 20.1 Å². The fourth-order valence-electron chi connectivity index (χ4n) is 6.25. The molecule has 4 N–H and O–H groups in total. The molecule has 0 radical (unpaired) electrons. The van der Waals surface area contributed by atoms with E-state index in [2.05, 4.69) is 55.6 Å². The van der Waals surface area contributed by atoms with Crippen molar-refractivity contribution in [2.75, 3.05) is 6.61 Å². The molecule has 0 fully saturated rings. The van der Waals surface area contributed by atoms with Crippen LogP contribution in [0.4, 0.5) is 0 Å². The zero-order valence-electron chi connectivity index (χ0n) is 33.0. The van der Waals surface area contributed by atoms with Crippen LogP contribution in [0, 0.1) is 0 Å². The van der Waals surface area contributed by atoms with Crippen LogP contribution in [0.15, 0.2) is 48.6 Å². The monoisotopic (exact) mass is 702 g/mol. The van der Waals surface area contributed by atoms with Crippen molar-refractivity contribution in [2.45, 2.75) is 225 Å². The number of carbonyl (C=O) groups is 1. The first kappa shape index (κ1) is 48.3. The summed E-state index contributed by atoms with van der Waals surface area (Å²) in [6.45, 7) is 4.17. The van der Waals surface area contributed by atoms with Crippen LogP contribution in [0.5, 0.6) is 0 Å². The maximum Gasteiger partial charge on any atom is 0.222 e. The van der Waals surface area contributed by atoms with E-state index in [1.165, 1.54) is 128 Å². The molecule has 5 heteroatoms. The first-order valence-electron chi connectivity index (χ1n) is 21.4. The predicted molar refractivity (Wildman–Crippen MR) is 217 cm³/mol. The summed E-state index contributed by atoms with van der Waals surface area (Å²) >= 11 is 0. The van der Waals surface area contributed by atoms with E-state index in [1.807, 2.05) is 6.08 Å². The molecule has 0 saturated carbocycles. The summed E-state index contributed by atoms with van der Waals surface area (Å²) in [6.07, 6.45) is 51.0. The number of aliphatic hydroxyl groups excluding tert-OH is 3. The van der Waals surface area contributed by atoms with Gasteiger partial charge in [-0.2, -0.15) is 0 Å². The van der Waals surface area contributed by atoms with Crippen LogP contribution >= 0.6 is 0 Å². The fourth-order valence-corrected chi connectivity index (χ4v) is 6.25. The van der Waals surface area contributed by atoms with Crippen LogP contribution in [-0.4, -0.2) is 46.1 Å². The van der Waals surface area contributed by atoms with Crippen molar-refractivity contribution in [2.24, 2.45) is 0 Å². The molecule has 0 saturated heterocycles. The second-order valence-corrected chi connectivity index (χ2v) is 14.6. The number of rotatable bonds is 38. The molecule has 0 aromatic heterocycles. The molecule has 0 heterocycles. The second-order valence-electron chi connectivity index (χ2n) is 14.6.